The number of phenolic OH excluding ortho intramolecular Hbond substituents is 1. The quantitative estimate of drug-likeness (QED) is 0.888. The van der Waals surface area contributed by atoms with E-state index in [4.69, 9.17) is 16.3 Å². The first-order valence-electron chi connectivity index (χ1n) is 5.96. The minimum absolute atomic E-state index is 0.239. The van der Waals surface area contributed by atoms with Crippen molar-refractivity contribution < 1.29 is 9.84 Å². The number of halogens is 1. The number of aryl methyl sites for hydroxylation is 1. The summed E-state index contributed by atoms with van der Waals surface area (Å²) in [6.45, 7) is 2.52. The molecule has 0 saturated heterocycles. The molecule has 0 aliphatic carbocycles. The molecule has 0 unspecified atom stereocenters. The number of nitrogens with one attached hydrogen (secondary N) is 1. The van der Waals surface area contributed by atoms with Gasteiger partial charge >= 0.3 is 0 Å². The second kappa shape index (κ2) is 5.85. The van der Waals surface area contributed by atoms with Gasteiger partial charge in [0.1, 0.15) is 11.5 Å². The first-order valence-corrected chi connectivity index (χ1v) is 6.34. The zero-order chi connectivity index (χ0) is 13.8. The van der Waals surface area contributed by atoms with Gasteiger partial charge in [0.05, 0.1) is 7.11 Å². The number of anilines is 1. The van der Waals surface area contributed by atoms with Crippen molar-refractivity contribution in [2.24, 2.45) is 0 Å². The van der Waals surface area contributed by atoms with Crippen LogP contribution >= 0.6 is 11.6 Å². The highest BCUT2D eigenvalue weighted by molar-refractivity contribution is 6.30. The molecular formula is C15H16ClNO2. The van der Waals surface area contributed by atoms with Crippen LogP contribution in [-0.2, 0) is 6.54 Å². The van der Waals surface area contributed by atoms with Gasteiger partial charge in [-0.15, -0.1) is 0 Å². The smallest absolute Gasteiger partial charge is 0.120 e. The molecule has 4 heteroatoms. The number of benzene rings is 2. The fourth-order valence-electron chi connectivity index (χ4n) is 1.85. The third-order valence-corrected chi connectivity index (χ3v) is 3.18. The molecule has 0 aliphatic rings. The van der Waals surface area contributed by atoms with Crippen LogP contribution in [0.1, 0.15) is 11.1 Å². The number of methoxy groups -OCH3 is 1. The predicted octanol–water partition coefficient (Wildman–Crippen LogP) is 3.97. The normalized spacial score (nSPS) is 10.3. The molecule has 100 valence electrons. The van der Waals surface area contributed by atoms with Crippen LogP contribution in [0.5, 0.6) is 11.5 Å². The molecule has 2 rings (SSSR count). The van der Waals surface area contributed by atoms with Crippen LogP contribution in [0, 0.1) is 6.92 Å². The van der Waals surface area contributed by atoms with E-state index in [0.29, 0.717) is 11.6 Å². The molecule has 0 saturated carbocycles. The average molecular weight is 278 g/mol. The number of rotatable bonds is 4. The maximum absolute atomic E-state index is 9.75. The summed E-state index contributed by atoms with van der Waals surface area (Å²) < 4.78 is 5.16. The first kappa shape index (κ1) is 13.6. The number of hydrogen-bond donors (Lipinski definition) is 2. The molecule has 0 aliphatic heterocycles. The molecule has 19 heavy (non-hydrogen) atoms. The van der Waals surface area contributed by atoms with Gasteiger partial charge in [0.25, 0.3) is 0 Å². The van der Waals surface area contributed by atoms with Gasteiger partial charge in [0.2, 0.25) is 0 Å². The molecule has 0 aromatic heterocycles. The molecule has 0 radical (unpaired) electrons. The minimum Gasteiger partial charge on any atom is -0.508 e. The highest BCUT2D eigenvalue weighted by Crippen LogP contribution is 2.25. The summed E-state index contributed by atoms with van der Waals surface area (Å²) in [5, 5.41) is 13.6. The van der Waals surface area contributed by atoms with Gasteiger partial charge in [-0.05, 0) is 48.9 Å². The van der Waals surface area contributed by atoms with Crippen molar-refractivity contribution in [2.75, 3.05) is 12.4 Å². The summed E-state index contributed by atoms with van der Waals surface area (Å²) in [4.78, 5) is 0. The summed E-state index contributed by atoms with van der Waals surface area (Å²) in [6, 6.07) is 10.8. The highest BCUT2D eigenvalue weighted by Gasteiger charge is 2.04. The lowest BCUT2D eigenvalue weighted by molar-refractivity contribution is 0.414. The zero-order valence-electron chi connectivity index (χ0n) is 10.9. The van der Waals surface area contributed by atoms with Crippen molar-refractivity contribution in [3.05, 3.63) is 52.5 Å². The van der Waals surface area contributed by atoms with Gasteiger partial charge in [-0.2, -0.15) is 0 Å². The molecule has 0 amide bonds. The Morgan fingerprint density at radius 3 is 2.68 bits per heavy atom. The molecule has 2 aromatic rings. The largest absolute Gasteiger partial charge is 0.508 e. The van der Waals surface area contributed by atoms with E-state index < -0.39 is 0 Å². The minimum atomic E-state index is 0.239. The van der Waals surface area contributed by atoms with E-state index in [1.54, 1.807) is 25.3 Å². The van der Waals surface area contributed by atoms with Gasteiger partial charge in [-0.3, -0.25) is 0 Å². The second-order valence-corrected chi connectivity index (χ2v) is 4.74. The molecular weight excluding hydrogens is 262 g/mol. The molecule has 0 bridgehead atoms. The summed E-state index contributed by atoms with van der Waals surface area (Å²) in [5.41, 5.74) is 2.85. The number of ether oxygens (including phenoxy) is 1. The van der Waals surface area contributed by atoms with Crippen LogP contribution in [-0.4, -0.2) is 12.2 Å². The number of phenols is 1. The lowest BCUT2D eigenvalue weighted by atomic mass is 10.1. The predicted molar refractivity (Wildman–Crippen MR) is 78.2 cm³/mol. The summed E-state index contributed by atoms with van der Waals surface area (Å²) >= 11 is 5.91. The van der Waals surface area contributed by atoms with Crippen LogP contribution in [0.3, 0.4) is 0 Å². The van der Waals surface area contributed by atoms with E-state index in [1.165, 1.54) is 0 Å². The summed E-state index contributed by atoms with van der Waals surface area (Å²) in [7, 11) is 1.64. The molecule has 0 spiro atoms. The average Bonchev–Trinajstić information content (AvgIpc) is 2.40. The van der Waals surface area contributed by atoms with Crippen molar-refractivity contribution in [3.8, 4) is 11.5 Å². The molecule has 2 aromatic carbocycles. The zero-order valence-corrected chi connectivity index (χ0v) is 11.7. The van der Waals surface area contributed by atoms with Gasteiger partial charge < -0.3 is 15.2 Å². The van der Waals surface area contributed by atoms with E-state index in [-0.39, 0.29) is 5.75 Å². The van der Waals surface area contributed by atoms with E-state index in [0.717, 1.165) is 22.6 Å². The fraction of sp³-hybridized carbons (Fsp3) is 0.200. The Morgan fingerprint density at radius 1 is 1.21 bits per heavy atom. The van der Waals surface area contributed by atoms with E-state index >= 15 is 0 Å². The van der Waals surface area contributed by atoms with Crippen LogP contribution in [0.25, 0.3) is 0 Å². The standard InChI is InChI=1S/C15H16ClNO2/c1-10-7-13(19-2)4-5-14(10)17-9-11-8-12(16)3-6-15(11)18/h3-8,17-18H,9H2,1-2H3. The lowest BCUT2D eigenvalue weighted by Gasteiger charge is -2.12. The summed E-state index contributed by atoms with van der Waals surface area (Å²) in [6.07, 6.45) is 0. The molecule has 0 heterocycles. The molecule has 0 fully saturated rings. The van der Waals surface area contributed by atoms with Crippen molar-refractivity contribution >= 4 is 17.3 Å². The number of aromatic hydroxyl groups is 1. The van der Waals surface area contributed by atoms with Crippen LogP contribution in [0.4, 0.5) is 5.69 Å². The SMILES string of the molecule is COc1ccc(NCc2cc(Cl)ccc2O)c(C)c1. The van der Waals surface area contributed by atoms with Gasteiger partial charge in [-0.25, -0.2) is 0 Å². The number of hydrogen-bond acceptors (Lipinski definition) is 3. The van der Waals surface area contributed by atoms with Crippen molar-refractivity contribution in [1.82, 2.24) is 0 Å². The maximum Gasteiger partial charge on any atom is 0.120 e. The van der Waals surface area contributed by atoms with Gasteiger partial charge in [0.15, 0.2) is 0 Å². The van der Waals surface area contributed by atoms with Crippen molar-refractivity contribution in [1.29, 1.82) is 0 Å². The Balaban J connectivity index is 2.12. The molecule has 0 atom stereocenters. The van der Waals surface area contributed by atoms with Crippen LogP contribution in [0.2, 0.25) is 5.02 Å². The Morgan fingerprint density at radius 2 is 2.00 bits per heavy atom. The first-order chi connectivity index (χ1) is 9.10. The maximum atomic E-state index is 9.75. The molecule has 3 nitrogen and oxygen atoms in total. The van der Waals surface area contributed by atoms with E-state index in [1.807, 2.05) is 25.1 Å². The van der Waals surface area contributed by atoms with Crippen molar-refractivity contribution in [2.45, 2.75) is 13.5 Å². The Hall–Kier alpha value is -1.87. The van der Waals surface area contributed by atoms with Crippen LogP contribution in [0.15, 0.2) is 36.4 Å². The Labute approximate surface area is 117 Å². The Kier molecular flexibility index (Phi) is 4.17. The summed E-state index contributed by atoms with van der Waals surface area (Å²) in [5.74, 6) is 1.07. The molecule has 2 N–H and O–H groups in total. The third-order valence-electron chi connectivity index (χ3n) is 2.94. The highest BCUT2D eigenvalue weighted by atomic mass is 35.5. The van der Waals surface area contributed by atoms with Gasteiger partial charge in [-0.1, -0.05) is 11.6 Å². The monoisotopic (exact) mass is 277 g/mol. The van der Waals surface area contributed by atoms with Crippen molar-refractivity contribution in [3.63, 3.8) is 0 Å². The Bertz CT molecular complexity index is 584. The van der Waals surface area contributed by atoms with Gasteiger partial charge in [0, 0.05) is 22.8 Å². The van der Waals surface area contributed by atoms with Crippen LogP contribution < -0.4 is 10.1 Å². The lowest BCUT2D eigenvalue weighted by Crippen LogP contribution is -2.01. The third kappa shape index (κ3) is 3.32. The topological polar surface area (TPSA) is 41.5 Å². The second-order valence-electron chi connectivity index (χ2n) is 4.31. The van der Waals surface area contributed by atoms with E-state index in [2.05, 4.69) is 5.32 Å². The van der Waals surface area contributed by atoms with E-state index in [9.17, 15) is 5.11 Å². The fourth-order valence-corrected chi connectivity index (χ4v) is 2.04.